The highest BCUT2D eigenvalue weighted by molar-refractivity contribution is 6.21. The number of halogens is 1. The molecule has 0 bridgehead atoms. The fraction of sp³-hybridized carbons (Fsp3) is 1.00. The predicted molar refractivity (Wildman–Crippen MR) is 61.7 cm³/mol. The minimum Gasteiger partial charge on any atom is -0.312 e. The minimum absolute atomic E-state index is 0.361. The fourth-order valence-corrected chi connectivity index (χ4v) is 3.55. The Balaban J connectivity index is 1.98. The van der Waals surface area contributed by atoms with Gasteiger partial charge in [0, 0.05) is 11.4 Å². The molecule has 82 valence electrons. The molecule has 0 aromatic heterocycles. The van der Waals surface area contributed by atoms with Gasteiger partial charge in [0.15, 0.2) is 0 Å². The number of fused-ring (bicyclic) bond motifs is 1. The van der Waals surface area contributed by atoms with Crippen molar-refractivity contribution in [1.82, 2.24) is 5.32 Å². The van der Waals surface area contributed by atoms with Gasteiger partial charge in [0.05, 0.1) is 0 Å². The molecule has 0 spiro atoms. The summed E-state index contributed by atoms with van der Waals surface area (Å²) in [4.78, 5) is 0. The Morgan fingerprint density at radius 1 is 1.29 bits per heavy atom. The first-order chi connectivity index (χ1) is 6.72. The molecule has 0 aliphatic heterocycles. The quantitative estimate of drug-likeness (QED) is 0.699. The molecule has 5 atom stereocenters. The standard InChI is InChI=1S/C12H22ClN/c1-3-14-12-10-7-9(10)5-4-8(2)6-11(12)13/h8-12,14H,3-7H2,1-2H3/t8?,9?,10?,11-,12?/m0/s1. The fourth-order valence-electron chi connectivity index (χ4n) is 2.97. The Hall–Kier alpha value is 0.250. The molecule has 1 nitrogen and oxygen atoms in total. The molecule has 2 aliphatic rings. The molecule has 4 unspecified atom stereocenters. The Bertz CT molecular complexity index is 195. The Morgan fingerprint density at radius 3 is 2.79 bits per heavy atom. The van der Waals surface area contributed by atoms with Gasteiger partial charge in [0.25, 0.3) is 0 Å². The number of hydrogen-bond acceptors (Lipinski definition) is 1. The van der Waals surface area contributed by atoms with Crippen molar-refractivity contribution in [3.8, 4) is 0 Å². The second-order valence-corrected chi connectivity index (χ2v) is 5.74. The molecule has 0 radical (unpaired) electrons. The van der Waals surface area contributed by atoms with Gasteiger partial charge in [-0.05, 0) is 43.6 Å². The van der Waals surface area contributed by atoms with Crippen LogP contribution in [0.15, 0.2) is 0 Å². The van der Waals surface area contributed by atoms with Crippen molar-refractivity contribution >= 4 is 11.6 Å². The van der Waals surface area contributed by atoms with Gasteiger partial charge in [-0.1, -0.05) is 20.3 Å². The molecule has 2 rings (SSSR count). The molecule has 2 heteroatoms. The van der Waals surface area contributed by atoms with Crippen LogP contribution in [-0.2, 0) is 0 Å². The van der Waals surface area contributed by atoms with Gasteiger partial charge in [-0.3, -0.25) is 0 Å². The SMILES string of the molecule is CCNC1C2CC2CCC(C)C[C@@H]1Cl. The third-order valence-corrected chi connectivity index (χ3v) is 4.38. The van der Waals surface area contributed by atoms with Gasteiger partial charge < -0.3 is 5.32 Å². The van der Waals surface area contributed by atoms with E-state index in [1.54, 1.807) is 0 Å². The summed E-state index contributed by atoms with van der Waals surface area (Å²) in [5.41, 5.74) is 0. The van der Waals surface area contributed by atoms with Gasteiger partial charge in [-0.2, -0.15) is 0 Å². The number of alkyl halides is 1. The van der Waals surface area contributed by atoms with E-state index in [4.69, 9.17) is 11.6 Å². The molecule has 1 N–H and O–H groups in total. The van der Waals surface area contributed by atoms with E-state index in [0.717, 1.165) is 24.3 Å². The molecular formula is C12H22ClN. The predicted octanol–water partition coefficient (Wildman–Crippen LogP) is 3.03. The summed E-state index contributed by atoms with van der Waals surface area (Å²) in [5.74, 6) is 2.70. The first-order valence-electron chi connectivity index (χ1n) is 6.09. The van der Waals surface area contributed by atoms with Gasteiger partial charge in [-0.15, -0.1) is 11.6 Å². The summed E-state index contributed by atoms with van der Waals surface area (Å²) in [7, 11) is 0. The third kappa shape index (κ3) is 2.25. The second-order valence-electron chi connectivity index (χ2n) is 5.18. The average Bonchev–Trinajstić information content (AvgIpc) is 2.88. The molecule has 0 aromatic rings. The van der Waals surface area contributed by atoms with E-state index in [2.05, 4.69) is 19.2 Å². The van der Waals surface area contributed by atoms with Crippen LogP contribution in [0, 0.1) is 17.8 Å². The maximum Gasteiger partial charge on any atom is 0.0494 e. The molecule has 2 fully saturated rings. The van der Waals surface area contributed by atoms with Crippen LogP contribution in [-0.4, -0.2) is 18.0 Å². The van der Waals surface area contributed by atoms with Crippen LogP contribution in [0.2, 0.25) is 0 Å². The largest absolute Gasteiger partial charge is 0.312 e. The Labute approximate surface area is 92.6 Å². The lowest BCUT2D eigenvalue weighted by molar-refractivity contribution is 0.335. The molecule has 0 amide bonds. The van der Waals surface area contributed by atoms with E-state index < -0.39 is 0 Å². The molecule has 0 saturated heterocycles. The summed E-state index contributed by atoms with van der Waals surface area (Å²) in [5, 5.41) is 3.94. The molecule has 2 saturated carbocycles. The molecular weight excluding hydrogens is 194 g/mol. The van der Waals surface area contributed by atoms with Crippen molar-refractivity contribution in [2.75, 3.05) is 6.54 Å². The molecule has 0 heterocycles. The number of hydrogen-bond donors (Lipinski definition) is 1. The number of rotatable bonds is 2. The van der Waals surface area contributed by atoms with E-state index >= 15 is 0 Å². The van der Waals surface area contributed by atoms with Crippen LogP contribution in [0.3, 0.4) is 0 Å². The summed E-state index contributed by atoms with van der Waals surface area (Å²) in [6.45, 7) is 5.59. The molecule has 2 aliphatic carbocycles. The Morgan fingerprint density at radius 2 is 2.07 bits per heavy atom. The van der Waals surface area contributed by atoms with Gasteiger partial charge in [-0.25, -0.2) is 0 Å². The summed E-state index contributed by atoms with van der Waals surface area (Å²) in [6, 6.07) is 0.592. The lowest BCUT2D eigenvalue weighted by Gasteiger charge is -2.28. The van der Waals surface area contributed by atoms with Crippen molar-refractivity contribution in [1.29, 1.82) is 0 Å². The van der Waals surface area contributed by atoms with Crippen molar-refractivity contribution in [3.05, 3.63) is 0 Å². The maximum absolute atomic E-state index is 6.49. The first kappa shape index (κ1) is 10.8. The normalized spacial score (nSPS) is 47.8. The third-order valence-electron chi connectivity index (χ3n) is 3.93. The summed E-state index contributed by atoms with van der Waals surface area (Å²) in [6.07, 6.45) is 5.45. The van der Waals surface area contributed by atoms with Gasteiger partial charge >= 0.3 is 0 Å². The molecule has 0 aromatic carbocycles. The van der Waals surface area contributed by atoms with Crippen LogP contribution >= 0.6 is 11.6 Å². The van der Waals surface area contributed by atoms with Crippen LogP contribution < -0.4 is 5.32 Å². The first-order valence-corrected chi connectivity index (χ1v) is 6.53. The summed E-state index contributed by atoms with van der Waals surface area (Å²) >= 11 is 6.49. The highest BCUT2D eigenvalue weighted by Gasteiger charge is 2.46. The van der Waals surface area contributed by atoms with Crippen molar-refractivity contribution in [2.45, 2.75) is 50.9 Å². The molecule has 14 heavy (non-hydrogen) atoms. The smallest absolute Gasteiger partial charge is 0.0494 e. The maximum atomic E-state index is 6.49. The Kier molecular flexibility index (Phi) is 3.38. The highest BCUT2D eigenvalue weighted by atomic mass is 35.5. The zero-order valence-corrected chi connectivity index (χ0v) is 10.1. The minimum atomic E-state index is 0.361. The summed E-state index contributed by atoms with van der Waals surface area (Å²) < 4.78 is 0. The second kappa shape index (κ2) is 4.40. The van der Waals surface area contributed by atoms with E-state index in [0.29, 0.717) is 11.4 Å². The van der Waals surface area contributed by atoms with Crippen molar-refractivity contribution in [3.63, 3.8) is 0 Å². The lowest BCUT2D eigenvalue weighted by Crippen LogP contribution is -2.40. The van der Waals surface area contributed by atoms with E-state index in [-0.39, 0.29) is 0 Å². The van der Waals surface area contributed by atoms with Gasteiger partial charge in [0.2, 0.25) is 0 Å². The van der Waals surface area contributed by atoms with Crippen LogP contribution in [0.1, 0.15) is 39.5 Å². The van der Waals surface area contributed by atoms with Gasteiger partial charge in [0.1, 0.15) is 0 Å². The number of nitrogens with one attached hydrogen (secondary N) is 1. The van der Waals surface area contributed by atoms with E-state index in [1.807, 2.05) is 0 Å². The van der Waals surface area contributed by atoms with Crippen LogP contribution in [0.25, 0.3) is 0 Å². The van der Waals surface area contributed by atoms with Crippen LogP contribution in [0.4, 0.5) is 0 Å². The average molecular weight is 216 g/mol. The van der Waals surface area contributed by atoms with Crippen LogP contribution in [0.5, 0.6) is 0 Å². The van der Waals surface area contributed by atoms with Crippen molar-refractivity contribution < 1.29 is 0 Å². The zero-order chi connectivity index (χ0) is 10.1. The monoisotopic (exact) mass is 215 g/mol. The lowest BCUT2D eigenvalue weighted by atomic mass is 9.89. The van der Waals surface area contributed by atoms with E-state index in [9.17, 15) is 0 Å². The zero-order valence-electron chi connectivity index (χ0n) is 9.30. The van der Waals surface area contributed by atoms with E-state index in [1.165, 1.54) is 25.7 Å². The topological polar surface area (TPSA) is 12.0 Å². The highest BCUT2D eigenvalue weighted by Crippen LogP contribution is 2.49. The van der Waals surface area contributed by atoms with Crippen molar-refractivity contribution in [2.24, 2.45) is 17.8 Å².